The van der Waals surface area contributed by atoms with Gasteiger partial charge in [0.1, 0.15) is 0 Å². The summed E-state index contributed by atoms with van der Waals surface area (Å²) in [6.45, 7) is 3.83. The summed E-state index contributed by atoms with van der Waals surface area (Å²) in [6.07, 6.45) is 0. The third-order valence-corrected chi connectivity index (χ3v) is 5.97. The van der Waals surface area contributed by atoms with Crippen LogP contribution in [0.3, 0.4) is 0 Å². The van der Waals surface area contributed by atoms with E-state index in [2.05, 4.69) is 27.1 Å². The number of para-hydroxylation sites is 4. The van der Waals surface area contributed by atoms with Gasteiger partial charge in [0.15, 0.2) is 5.52 Å². The van der Waals surface area contributed by atoms with E-state index in [0.29, 0.717) is 46.8 Å². The number of aryl methyl sites for hydroxylation is 1. The maximum absolute atomic E-state index is 12.9. The van der Waals surface area contributed by atoms with Gasteiger partial charge in [0, 0.05) is 41.3 Å². The van der Waals surface area contributed by atoms with Gasteiger partial charge in [-0.25, -0.2) is 9.71 Å². The number of nitrogens with zero attached hydrogens (tertiary/aromatic N) is 4. The van der Waals surface area contributed by atoms with Crippen molar-refractivity contribution in [2.45, 2.75) is 6.92 Å². The first kappa shape index (κ1) is 23.2. The summed E-state index contributed by atoms with van der Waals surface area (Å²) in [5.74, 6) is -0.251. The number of fused-ring (bicyclic) bond motifs is 3. The van der Waals surface area contributed by atoms with E-state index in [1.54, 1.807) is 30.3 Å². The lowest BCUT2D eigenvalue weighted by atomic mass is 10.0. The maximum Gasteiger partial charge on any atom is 0.461 e. The average Bonchev–Trinajstić information content (AvgIpc) is 2.89. The van der Waals surface area contributed by atoms with Gasteiger partial charge in [-0.3, -0.25) is 10.1 Å². The normalized spacial score (nSPS) is 11.2. The molecule has 0 unspecified atom stereocenters. The van der Waals surface area contributed by atoms with E-state index in [4.69, 9.17) is 4.98 Å². The smallest absolute Gasteiger partial charge is 0.461 e. The molecule has 10 heteroatoms. The van der Waals surface area contributed by atoms with Gasteiger partial charge in [-0.2, -0.15) is 0 Å². The highest BCUT2D eigenvalue weighted by atomic mass is 16.5. The van der Waals surface area contributed by atoms with Crippen molar-refractivity contribution in [1.82, 2.24) is 20.7 Å². The number of amides is 1. The first-order valence-corrected chi connectivity index (χ1v) is 11.7. The molecule has 0 aliphatic heterocycles. The lowest BCUT2D eigenvalue weighted by Gasteiger charge is -2.11. The molecule has 1 amide bonds. The number of anilines is 1. The van der Waals surface area contributed by atoms with Crippen LogP contribution in [-0.2, 0) is 0 Å². The summed E-state index contributed by atoms with van der Waals surface area (Å²) < 4.78 is 0.604. The van der Waals surface area contributed by atoms with Gasteiger partial charge in [0.05, 0.1) is 23.1 Å². The van der Waals surface area contributed by atoms with Crippen molar-refractivity contribution < 1.29 is 14.4 Å². The quantitative estimate of drug-likeness (QED) is 0.133. The highest BCUT2D eigenvalue weighted by molar-refractivity contribution is 6.08. The topological polar surface area (TPSA) is 133 Å². The second kappa shape index (κ2) is 9.96. The first-order valence-electron chi connectivity index (χ1n) is 11.7. The van der Waals surface area contributed by atoms with E-state index in [1.165, 1.54) is 0 Å². The molecular weight excluding hydrogens is 458 g/mol. The van der Waals surface area contributed by atoms with Crippen molar-refractivity contribution in [1.29, 1.82) is 0 Å². The first-order chi connectivity index (χ1) is 17.5. The Balaban J connectivity index is 1.14. The number of carbonyl (C=O) groups excluding carboxylic acids is 1. The van der Waals surface area contributed by atoms with Crippen LogP contribution >= 0.6 is 0 Å². The number of nitrogens with one attached hydrogen (secondary N) is 3. The predicted octanol–water partition coefficient (Wildman–Crippen LogP) is 1.94. The van der Waals surface area contributed by atoms with Crippen LogP contribution in [0.15, 0.2) is 66.7 Å². The number of carbonyl (C=O) groups is 1. The summed E-state index contributed by atoms with van der Waals surface area (Å²) in [7, 11) is 0. The number of hydrogen-bond donors (Lipinski definition) is 3. The van der Waals surface area contributed by atoms with Crippen LogP contribution in [-0.4, -0.2) is 42.2 Å². The van der Waals surface area contributed by atoms with Crippen LogP contribution in [0, 0.1) is 17.3 Å². The Morgan fingerprint density at radius 1 is 0.861 bits per heavy atom. The summed E-state index contributed by atoms with van der Waals surface area (Å²) in [6, 6.07) is 20.2. The van der Waals surface area contributed by atoms with Crippen LogP contribution in [0.4, 0.5) is 5.95 Å². The SMILES string of the molecule is Cc1cccc2cc3cccc(C(=O)NCCNCCNc4n[n+]([O-])c5ccccc5[n+]4[O-])c3nc12. The molecule has 36 heavy (non-hydrogen) atoms. The lowest BCUT2D eigenvalue weighted by Crippen LogP contribution is -2.44. The Morgan fingerprint density at radius 2 is 1.58 bits per heavy atom. The van der Waals surface area contributed by atoms with Gasteiger partial charge in [-0.1, -0.05) is 42.5 Å². The van der Waals surface area contributed by atoms with Crippen LogP contribution < -0.4 is 25.5 Å². The molecule has 3 aromatic carbocycles. The van der Waals surface area contributed by atoms with E-state index >= 15 is 0 Å². The Bertz CT molecular complexity index is 1590. The van der Waals surface area contributed by atoms with E-state index < -0.39 is 0 Å². The average molecular weight is 484 g/mol. The molecule has 182 valence electrons. The van der Waals surface area contributed by atoms with Crippen molar-refractivity contribution in [2.75, 3.05) is 31.5 Å². The Hall–Kier alpha value is -4.57. The molecule has 2 heterocycles. The van der Waals surface area contributed by atoms with Crippen molar-refractivity contribution in [3.63, 3.8) is 0 Å². The third-order valence-electron chi connectivity index (χ3n) is 5.97. The third kappa shape index (κ3) is 4.53. The molecule has 0 bridgehead atoms. The fraction of sp³-hybridized carbons (Fsp3) is 0.192. The molecule has 0 saturated heterocycles. The zero-order valence-electron chi connectivity index (χ0n) is 19.7. The van der Waals surface area contributed by atoms with Crippen LogP contribution in [0.5, 0.6) is 0 Å². The molecular formula is C26H25N7O3. The minimum Gasteiger partial charge on any atom is -0.739 e. The van der Waals surface area contributed by atoms with E-state index in [9.17, 15) is 15.2 Å². The van der Waals surface area contributed by atoms with Crippen LogP contribution in [0.1, 0.15) is 15.9 Å². The Morgan fingerprint density at radius 3 is 2.42 bits per heavy atom. The molecule has 0 saturated carbocycles. The summed E-state index contributed by atoms with van der Waals surface area (Å²) >= 11 is 0. The van der Waals surface area contributed by atoms with E-state index in [-0.39, 0.29) is 22.9 Å². The van der Waals surface area contributed by atoms with Crippen LogP contribution in [0.25, 0.3) is 32.8 Å². The zero-order chi connectivity index (χ0) is 25.1. The number of pyridine rings is 1. The Labute approximate surface area is 206 Å². The lowest BCUT2D eigenvalue weighted by molar-refractivity contribution is -0.672. The second-order valence-electron chi connectivity index (χ2n) is 8.42. The molecule has 10 nitrogen and oxygen atoms in total. The summed E-state index contributed by atoms with van der Waals surface area (Å²) in [5.41, 5.74) is 3.62. The number of hydrogen-bond acceptors (Lipinski definition) is 7. The van der Waals surface area contributed by atoms with Gasteiger partial charge in [-0.15, -0.1) is 0 Å². The van der Waals surface area contributed by atoms with Gasteiger partial charge in [-0.05, 0) is 30.7 Å². The molecule has 5 rings (SSSR count). The van der Waals surface area contributed by atoms with Gasteiger partial charge < -0.3 is 21.0 Å². The summed E-state index contributed by atoms with van der Waals surface area (Å²) in [5, 5.41) is 39.1. The molecule has 0 aliphatic carbocycles. The molecule has 0 fully saturated rings. The fourth-order valence-electron chi connectivity index (χ4n) is 4.16. The molecule has 0 spiro atoms. The molecule has 3 N–H and O–H groups in total. The van der Waals surface area contributed by atoms with Gasteiger partial charge >= 0.3 is 5.95 Å². The number of rotatable bonds is 8. The van der Waals surface area contributed by atoms with Crippen LogP contribution in [0.2, 0.25) is 0 Å². The zero-order valence-corrected chi connectivity index (χ0v) is 19.7. The largest absolute Gasteiger partial charge is 0.739 e. The molecule has 5 aromatic rings. The number of benzene rings is 3. The minimum absolute atomic E-state index is 0.0648. The highest BCUT2D eigenvalue weighted by Crippen LogP contribution is 2.24. The van der Waals surface area contributed by atoms with Crippen molar-refractivity contribution in [3.8, 4) is 0 Å². The molecule has 0 atom stereocenters. The van der Waals surface area contributed by atoms with Crippen molar-refractivity contribution in [3.05, 3.63) is 88.3 Å². The fourth-order valence-corrected chi connectivity index (χ4v) is 4.16. The molecule has 0 radical (unpaired) electrons. The summed E-state index contributed by atoms with van der Waals surface area (Å²) in [4.78, 5) is 18.1. The number of aromatic nitrogens is 4. The van der Waals surface area contributed by atoms with Crippen molar-refractivity contribution in [2.24, 2.45) is 0 Å². The van der Waals surface area contributed by atoms with Gasteiger partial charge in [0.25, 0.3) is 11.4 Å². The van der Waals surface area contributed by atoms with Crippen molar-refractivity contribution >= 4 is 44.7 Å². The van der Waals surface area contributed by atoms with Gasteiger partial charge in [0.2, 0.25) is 5.10 Å². The maximum atomic E-state index is 12.9. The Kier molecular flexibility index (Phi) is 6.42. The standard InChI is InChI=1S/C26H25N7O3/c1-17-6-4-7-18-16-19-8-5-9-20(24(19)30-23(17)18)25(34)28-14-12-27-13-15-29-26-31-33(36)22-11-3-2-10-21(22)32(26)35/h2-11,16,27H,12-15H2,1H3,(H,28,34)(H,29,31). The monoisotopic (exact) mass is 483 g/mol. The second-order valence-corrected chi connectivity index (χ2v) is 8.42. The van der Waals surface area contributed by atoms with E-state index in [0.717, 1.165) is 21.9 Å². The highest BCUT2D eigenvalue weighted by Gasteiger charge is 2.19. The molecule has 2 aromatic heterocycles. The minimum atomic E-state index is -0.186. The predicted molar refractivity (Wildman–Crippen MR) is 137 cm³/mol. The molecule has 0 aliphatic rings. The van der Waals surface area contributed by atoms with E-state index in [1.807, 2.05) is 37.3 Å².